The fourth-order valence-corrected chi connectivity index (χ4v) is 2.79. The second-order valence-corrected chi connectivity index (χ2v) is 6.07. The fourth-order valence-electron chi connectivity index (χ4n) is 2.79. The molecule has 3 rings (SSSR count). The highest BCUT2D eigenvalue weighted by molar-refractivity contribution is 5.91. The minimum Gasteiger partial charge on any atom is -0.356 e. The molecule has 1 aliphatic heterocycles. The van der Waals surface area contributed by atoms with Gasteiger partial charge in [-0.05, 0) is 31.4 Å². The van der Waals surface area contributed by atoms with E-state index < -0.39 is 6.43 Å². The SMILES string of the molecule is Cc1ccc(NC(=O)C2CCN(c3cc(C(F)F)ncn3)CC2)nc1. The fraction of sp³-hybridized carbons (Fsp3) is 0.412. The highest BCUT2D eigenvalue weighted by atomic mass is 19.3. The first-order chi connectivity index (χ1) is 12.0. The van der Waals surface area contributed by atoms with Crippen molar-refractivity contribution in [2.45, 2.75) is 26.2 Å². The predicted molar refractivity (Wildman–Crippen MR) is 89.5 cm³/mol. The number of alkyl halides is 2. The highest BCUT2D eigenvalue weighted by Gasteiger charge is 2.26. The first-order valence-corrected chi connectivity index (χ1v) is 8.11. The lowest BCUT2D eigenvalue weighted by molar-refractivity contribution is -0.120. The molecule has 2 aromatic heterocycles. The third-order valence-electron chi connectivity index (χ3n) is 4.25. The maximum absolute atomic E-state index is 12.7. The molecule has 0 atom stereocenters. The Morgan fingerprint density at radius 3 is 2.64 bits per heavy atom. The lowest BCUT2D eigenvalue weighted by Gasteiger charge is -2.32. The molecule has 0 radical (unpaired) electrons. The lowest BCUT2D eigenvalue weighted by Crippen LogP contribution is -2.38. The van der Waals surface area contributed by atoms with Gasteiger partial charge in [0.1, 0.15) is 23.7 Å². The van der Waals surface area contributed by atoms with Crippen molar-refractivity contribution in [1.82, 2.24) is 15.0 Å². The largest absolute Gasteiger partial charge is 0.356 e. The molecule has 8 heteroatoms. The molecule has 0 aromatic carbocycles. The molecule has 1 N–H and O–H groups in total. The average Bonchev–Trinajstić information content (AvgIpc) is 2.64. The van der Waals surface area contributed by atoms with Gasteiger partial charge in [-0.25, -0.2) is 23.7 Å². The van der Waals surface area contributed by atoms with Crippen LogP contribution in [0.15, 0.2) is 30.7 Å². The van der Waals surface area contributed by atoms with Crippen LogP contribution < -0.4 is 10.2 Å². The lowest BCUT2D eigenvalue weighted by atomic mass is 9.96. The number of pyridine rings is 1. The van der Waals surface area contributed by atoms with Crippen LogP contribution in [0.25, 0.3) is 0 Å². The van der Waals surface area contributed by atoms with Gasteiger partial charge in [0.05, 0.1) is 0 Å². The van der Waals surface area contributed by atoms with Crippen molar-refractivity contribution in [1.29, 1.82) is 0 Å². The third-order valence-corrected chi connectivity index (χ3v) is 4.25. The van der Waals surface area contributed by atoms with E-state index in [2.05, 4.69) is 20.3 Å². The summed E-state index contributed by atoms with van der Waals surface area (Å²) in [7, 11) is 0. The zero-order valence-corrected chi connectivity index (χ0v) is 13.8. The number of nitrogens with zero attached hydrogens (tertiary/aromatic N) is 4. The van der Waals surface area contributed by atoms with E-state index >= 15 is 0 Å². The topological polar surface area (TPSA) is 71.0 Å². The van der Waals surface area contributed by atoms with Gasteiger partial charge < -0.3 is 10.2 Å². The van der Waals surface area contributed by atoms with Crippen molar-refractivity contribution in [2.24, 2.45) is 5.92 Å². The Morgan fingerprint density at radius 1 is 1.24 bits per heavy atom. The molecule has 0 bridgehead atoms. The van der Waals surface area contributed by atoms with Crippen LogP contribution in [0.4, 0.5) is 20.4 Å². The van der Waals surface area contributed by atoms with Crippen molar-refractivity contribution in [3.8, 4) is 0 Å². The predicted octanol–water partition coefficient (Wildman–Crippen LogP) is 2.97. The van der Waals surface area contributed by atoms with Gasteiger partial charge in [0, 0.05) is 31.3 Å². The molecule has 1 amide bonds. The molecule has 1 saturated heterocycles. The normalized spacial score (nSPS) is 15.4. The van der Waals surface area contributed by atoms with Gasteiger partial charge in [0.15, 0.2) is 0 Å². The number of hydrogen-bond donors (Lipinski definition) is 1. The summed E-state index contributed by atoms with van der Waals surface area (Å²) in [5, 5.41) is 2.82. The monoisotopic (exact) mass is 347 g/mol. The Labute approximate surface area is 144 Å². The van der Waals surface area contributed by atoms with E-state index in [4.69, 9.17) is 0 Å². The molecular weight excluding hydrogens is 328 g/mol. The maximum atomic E-state index is 12.7. The highest BCUT2D eigenvalue weighted by Crippen LogP contribution is 2.25. The van der Waals surface area contributed by atoms with E-state index in [1.165, 1.54) is 6.07 Å². The van der Waals surface area contributed by atoms with Crippen molar-refractivity contribution in [3.63, 3.8) is 0 Å². The van der Waals surface area contributed by atoms with Gasteiger partial charge in [0.25, 0.3) is 6.43 Å². The Balaban J connectivity index is 1.57. The summed E-state index contributed by atoms with van der Waals surface area (Å²) >= 11 is 0. The number of amides is 1. The summed E-state index contributed by atoms with van der Waals surface area (Å²) in [6.45, 7) is 3.10. The van der Waals surface area contributed by atoms with Gasteiger partial charge in [-0.15, -0.1) is 0 Å². The van der Waals surface area contributed by atoms with Crippen LogP contribution in [0.2, 0.25) is 0 Å². The van der Waals surface area contributed by atoms with E-state index in [0.717, 1.165) is 11.9 Å². The second kappa shape index (κ2) is 7.50. The summed E-state index contributed by atoms with van der Waals surface area (Å²) in [4.78, 5) is 26.1. The van der Waals surface area contributed by atoms with Crippen LogP contribution >= 0.6 is 0 Å². The molecule has 1 fully saturated rings. The minimum atomic E-state index is -2.62. The maximum Gasteiger partial charge on any atom is 0.280 e. The van der Waals surface area contributed by atoms with Crippen molar-refractivity contribution in [3.05, 3.63) is 42.0 Å². The van der Waals surface area contributed by atoms with Crippen LogP contribution in [-0.2, 0) is 4.79 Å². The summed E-state index contributed by atoms with van der Waals surface area (Å²) in [6, 6.07) is 4.97. The molecule has 132 valence electrons. The van der Waals surface area contributed by atoms with Crippen molar-refractivity contribution >= 4 is 17.5 Å². The Hall–Kier alpha value is -2.64. The average molecular weight is 347 g/mol. The molecule has 3 heterocycles. The Bertz CT molecular complexity index is 730. The van der Waals surface area contributed by atoms with E-state index in [1.54, 1.807) is 12.3 Å². The molecule has 2 aromatic rings. The molecule has 1 aliphatic rings. The number of carbonyl (C=O) groups is 1. The summed E-state index contributed by atoms with van der Waals surface area (Å²) in [5.41, 5.74) is 0.745. The summed E-state index contributed by atoms with van der Waals surface area (Å²) in [6.07, 6.45) is 1.50. The molecule has 0 aliphatic carbocycles. The number of hydrogen-bond acceptors (Lipinski definition) is 5. The van der Waals surface area contributed by atoms with Crippen LogP contribution in [0.1, 0.15) is 30.5 Å². The van der Waals surface area contributed by atoms with E-state index in [0.29, 0.717) is 37.6 Å². The zero-order valence-electron chi connectivity index (χ0n) is 13.8. The Morgan fingerprint density at radius 2 is 2.00 bits per heavy atom. The van der Waals surface area contributed by atoms with Crippen LogP contribution in [0.3, 0.4) is 0 Å². The second-order valence-electron chi connectivity index (χ2n) is 6.07. The molecule has 0 unspecified atom stereocenters. The number of carbonyl (C=O) groups excluding carboxylic acids is 1. The Kier molecular flexibility index (Phi) is 5.16. The molecule has 6 nitrogen and oxygen atoms in total. The molecule has 0 saturated carbocycles. The minimum absolute atomic E-state index is 0.0630. The molecule has 25 heavy (non-hydrogen) atoms. The molecular formula is C17H19F2N5O. The van der Waals surface area contributed by atoms with Gasteiger partial charge in [-0.3, -0.25) is 4.79 Å². The number of rotatable bonds is 4. The van der Waals surface area contributed by atoms with Crippen molar-refractivity contribution in [2.75, 3.05) is 23.3 Å². The number of piperidine rings is 1. The van der Waals surface area contributed by atoms with E-state index in [-0.39, 0.29) is 17.5 Å². The van der Waals surface area contributed by atoms with Crippen molar-refractivity contribution < 1.29 is 13.6 Å². The van der Waals surface area contributed by atoms with Crippen LogP contribution in [-0.4, -0.2) is 33.9 Å². The standard InChI is InChI=1S/C17H19F2N5O/c1-11-2-3-14(20-9-11)23-17(25)12-4-6-24(7-5-12)15-8-13(16(18)19)21-10-22-15/h2-3,8-10,12,16H,4-7H2,1H3,(H,20,23,25). The quantitative estimate of drug-likeness (QED) is 0.921. The summed E-state index contributed by atoms with van der Waals surface area (Å²) in [5.74, 6) is 0.822. The summed E-state index contributed by atoms with van der Waals surface area (Å²) < 4.78 is 25.5. The van der Waals surface area contributed by atoms with Gasteiger partial charge in [-0.1, -0.05) is 6.07 Å². The number of aromatic nitrogens is 3. The zero-order chi connectivity index (χ0) is 17.8. The van der Waals surface area contributed by atoms with Gasteiger partial charge >= 0.3 is 0 Å². The van der Waals surface area contributed by atoms with Gasteiger partial charge in [-0.2, -0.15) is 0 Å². The third kappa shape index (κ3) is 4.26. The number of halogens is 2. The number of aryl methyl sites for hydroxylation is 1. The molecule has 0 spiro atoms. The van der Waals surface area contributed by atoms with Gasteiger partial charge in [0.2, 0.25) is 5.91 Å². The van der Waals surface area contributed by atoms with Crippen LogP contribution in [0.5, 0.6) is 0 Å². The number of anilines is 2. The van der Waals surface area contributed by atoms with E-state index in [9.17, 15) is 13.6 Å². The van der Waals surface area contributed by atoms with Crippen LogP contribution in [0, 0.1) is 12.8 Å². The first-order valence-electron chi connectivity index (χ1n) is 8.11. The number of nitrogens with one attached hydrogen (secondary N) is 1. The first kappa shape index (κ1) is 17.2. The van der Waals surface area contributed by atoms with E-state index in [1.807, 2.05) is 17.9 Å². The smallest absolute Gasteiger partial charge is 0.280 e.